The first-order chi connectivity index (χ1) is 22.2. The molecule has 0 amide bonds. The summed E-state index contributed by atoms with van der Waals surface area (Å²) in [4.78, 5) is 59.6. The Bertz CT molecular complexity index is 1080. The van der Waals surface area contributed by atoms with Crippen LogP contribution in [0.25, 0.3) is 0 Å². The van der Waals surface area contributed by atoms with E-state index in [4.69, 9.17) is 70.5 Å². The van der Waals surface area contributed by atoms with Crippen molar-refractivity contribution >= 4 is 41.8 Å². The summed E-state index contributed by atoms with van der Waals surface area (Å²) < 4.78 is 0. The predicted octanol–water partition coefficient (Wildman–Crippen LogP) is -3.27. The number of guanidine groups is 1. The lowest BCUT2D eigenvalue weighted by Gasteiger charge is -2.06. The summed E-state index contributed by atoms with van der Waals surface area (Å²) in [6.45, 7) is 0.808. The lowest BCUT2D eigenvalue weighted by atomic mass is 10.1. The smallest absolute Gasteiger partial charge is 0.321 e. The molecule has 0 saturated heterocycles. The molecule has 22 N–H and O–H groups in total. The fraction of sp³-hybridized carbons (Fsp3) is 0.519. The lowest BCUT2D eigenvalue weighted by Crippen LogP contribution is -2.34. The second-order valence-electron chi connectivity index (χ2n) is 9.43. The summed E-state index contributed by atoms with van der Waals surface area (Å²) >= 11 is 0. The van der Waals surface area contributed by atoms with Gasteiger partial charge in [-0.1, -0.05) is 36.8 Å². The third kappa shape index (κ3) is 39.1. The molecule has 0 aliphatic heterocycles. The minimum atomic E-state index is -1.29. The molecule has 0 aliphatic carbocycles. The topological polar surface area (TPSA) is 442 Å². The Morgan fingerprint density at radius 1 is 0.646 bits per heavy atom. The van der Waals surface area contributed by atoms with Crippen LogP contribution in [0.4, 0.5) is 0 Å². The van der Waals surface area contributed by atoms with Crippen LogP contribution in [0.2, 0.25) is 0 Å². The summed E-state index contributed by atoms with van der Waals surface area (Å²) in [6.07, 6.45) is 2.99. The number of carbonyl (C=O) groups is 6. The van der Waals surface area contributed by atoms with Crippen LogP contribution in [0.15, 0.2) is 30.3 Å². The van der Waals surface area contributed by atoms with Gasteiger partial charge in [-0.3, -0.25) is 34.2 Å². The Hall–Kier alpha value is -4.93. The van der Waals surface area contributed by atoms with E-state index in [0.29, 0.717) is 38.8 Å². The molecule has 0 radical (unpaired) electrons. The minimum Gasteiger partial charge on any atom is -0.481 e. The van der Waals surface area contributed by atoms with Crippen molar-refractivity contribution in [2.75, 3.05) is 19.6 Å². The van der Waals surface area contributed by atoms with Gasteiger partial charge in [0.15, 0.2) is 5.96 Å². The highest BCUT2D eigenvalue weighted by Gasteiger charge is 2.14. The molecule has 0 saturated carbocycles. The van der Waals surface area contributed by atoms with Gasteiger partial charge in [-0.05, 0) is 44.2 Å². The summed E-state index contributed by atoms with van der Waals surface area (Å²) in [6, 6.07) is 5.72. The number of unbranched alkanes of at least 4 members (excludes halogenated alkanes) is 1. The van der Waals surface area contributed by atoms with E-state index in [0.717, 1.165) is 18.4 Å². The van der Waals surface area contributed by atoms with Crippen LogP contribution in [-0.4, -0.2) is 116 Å². The molecule has 4 unspecified atom stereocenters. The van der Waals surface area contributed by atoms with E-state index in [9.17, 15) is 28.8 Å². The van der Waals surface area contributed by atoms with Crippen molar-refractivity contribution in [3.8, 4) is 0 Å². The molecule has 4 atom stereocenters. The molecule has 0 aliphatic rings. The van der Waals surface area contributed by atoms with Crippen molar-refractivity contribution in [3.05, 3.63) is 35.9 Å². The predicted molar refractivity (Wildman–Crippen MR) is 174 cm³/mol. The second kappa shape index (κ2) is 32.0. The van der Waals surface area contributed by atoms with Crippen molar-refractivity contribution in [3.63, 3.8) is 0 Å². The van der Waals surface area contributed by atoms with Gasteiger partial charge in [0.1, 0.15) is 24.2 Å². The summed E-state index contributed by atoms with van der Waals surface area (Å²) in [5.74, 6) is -6.47. The van der Waals surface area contributed by atoms with Crippen molar-refractivity contribution in [2.45, 2.75) is 69.1 Å². The number of carboxylic acids is 6. The number of hydrogen-bond donors (Lipinski definition) is 15. The Labute approximate surface area is 276 Å². The van der Waals surface area contributed by atoms with Gasteiger partial charge >= 0.3 is 35.8 Å². The van der Waals surface area contributed by atoms with Crippen LogP contribution in [0, 0.1) is 5.41 Å². The zero-order chi connectivity index (χ0) is 38.2. The summed E-state index contributed by atoms with van der Waals surface area (Å²) in [5.41, 5.74) is 36.3. The standard InChI is InChI=1S/C9H11NO2.C6H14N4O2.C6H14N2O2.C4H7NO4.C2H5NO2/c10-8(9(11)12)6-7-4-2-1-3-5-7;7-4(5(11)12)2-1-3-10-6(8)9;7-4-2-1-3-5(8)6(9)10;5-2(4(8)9)1-3(6)7;3-1-2(4)5/h1-5,8H,6,10H2,(H,11,12);4H,1-3,7H2,(H,11,12)(H4,8,9,10);5H,1-4,7-8H2,(H,9,10);2H,1,5H2,(H,6,7)(H,8,9);1,3H2,(H,4,5). The zero-order valence-corrected chi connectivity index (χ0v) is 26.4. The van der Waals surface area contributed by atoms with Crippen molar-refractivity contribution in [1.29, 1.82) is 5.41 Å². The SMILES string of the molecule is N=C(N)NCCCC(N)C(=O)O.NC(CC(=O)O)C(=O)O.NC(Cc1ccccc1)C(=O)O.NCC(=O)O.NCCCCC(N)C(=O)O. The average molecular weight is 694 g/mol. The molecule has 0 aromatic heterocycles. The van der Waals surface area contributed by atoms with Crippen molar-refractivity contribution in [2.24, 2.45) is 40.1 Å². The van der Waals surface area contributed by atoms with Gasteiger partial charge in [-0.25, -0.2) is 0 Å². The molecule has 1 aromatic rings. The van der Waals surface area contributed by atoms with Crippen LogP contribution < -0.4 is 45.5 Å². The van der Waals surface area contributed by atoms with Crippen LogP contribution in [0.3, 0.4) is 0 Å². The van der Waals surface area contributed by atoms with Crippen molar-refractivity contribution in [1.82, 2.24) is 5.32 Å². The van der Waals surface area contributed by atoms with Gasteiger partial charge in [0, 0.05) is 6.54 Å². The number of nitrogens with two attached hydrogens (primary N) is 7. The molecular weight excluding hydrogens is 642 g/mol. The van der Waals surface area contributed by atoms with E-state index in [1.165, 1.54) is 0 Å². The number of hydrogen-bond acceptors (Lipinski definition) is 13. The summed E-state index contributed by atoms with van der Waals surface area (Å²) in [7, 11) is 0. The molecule has 276 valence electrons. The molecule has 1 aromatic carbocycles. The van der Waals surface area contributed by atoms with E-state index in [1.807, 2.05) is 30.3 Å². The van der Waals surface area contributed by atoms with Crippen LogP contribution >= 0.6 is 0 Å². The normalized spacial score (nSPS) is 12.0. The molecule has 21 heteroatoms. The number of benzene rings is 1. The average Bonchev–Trinajstić information content (AvgIpc) is 3.00. The highest BCUT2D eigenvalue weighted by Crippen LogP contribution is 2.01. The Balaban J connectivity index is -0.000000258. The first-order valence-corrected chi connectivity index (χ1v) is 14.1. The highest BCUT2D eigenvalue weighted by atomic mass is 16.4. The maximum absolute atomic E-state index is 10.4. The molecule has 21 nitrogen and oxygen atoms in total. The lowest BCUT2D eigenvalue weighted by molar-refractivity contribution is -0.144. The fourth-order valence-corrected chi connectivity index (χ4v) is 2.53. The van der Waals surface area contributed by atoms with Crippen LogP contribution in [0.5, 0.6) is 0 Å². The molecule has 0 fully saturated rings. The molecular formula is C27H51N9O12. The van der Waals surface area contributed by atoms with Gasteiger partial charge in [0.25, 0.3) is 0 Å². The number of nitrogens with one attached hydrogen (secondary N) is 2. The number of aliphatic carboxylic acids is 6. The van der Waals surface area contributed by atoms with E-state index >= 15 is 0 Å². The van der Waals surface area contributed by atoms with E-state index in [1.54, 1.807) is 0 Å². The van der Waals surface area contributed by atoms with E-state index in [-0.39, 0.29) is 12.5 Å². The first kappa shape index (κ1) is 49.9. The highest BCUT2D eigenvalue weighted by molar-refractivity contribution is 5.80. The van der Waals surface area contributed by atoms with E-state index < -0.39 is 66.4 Å². The molecule has 1 rings (SSSR count). The minimum absolute atomic E-state index is 0.112. The summed E-state index contributed by atoms with van der Waals surface area (Å²) in [5, 5.41) is 58.2. The molecule has 48 heavy (non-hydrogen) atoms. The number of carboxylic acid groups (broad SMARTS) is 6. The Morgan fingerprint density at radius 2 is 1.06 bits per heavy atom. The first-order valence-electron chi connectivity index (χ1n) is 14.1. The van der Waals surface area contributed by atoms with Gasteiger partial charge in [0.05, 0.1) is 13.0 Å². The monoisotopic (exact) mass is 693 g/mol. The second-order valence-corrected chi connectivity index (χ2v) is 9.43. The van der Waals surface area contributed by atoms with Gasteiger partial charge in [0.2, 0.25) is 0 Å². The Morgan fingerprint density at radius 3 is 1.38 bits per heavy atom. The maximum Gasteiger partial charge on any atom is 0.321 e. The molecule has 0 heterocycles. The molecule has 0 spiro atoms. The van der Waals surface area contributed by atoms with Crippen molar-refractivity contribution < 1.29 is 59.4 Å². The Kier molecular flexibility index (Phi) is 33.3. The van der Waals surface area contributed by atoms with E-state index in [2.05, 4.69) is 11.1 Å². The maximum atomic E-state index is 10.4. The third-order valence-corrected chi connectivity index (χ3v) is 5.11. The third-order valence-electron chi connectivity index (χ3n) is 5.11. The van der Waals surface area contributed by atoms with Crippen LogP contribution in [0.1, 0.15) is 44.1 Å². The zero-order valence-electron chi connectivity index (χ0n) is 26.4. The van der Waals surface area contributed by atoms with Crippen LogP contribution in [-0.2, 0) is 35.2 Å². The van der Waals surface area contributed by atoms with Gasteiger partial charge in [-0.15, -0.1) is 0 Å². The molecule has 0 bridgehead atoms. The van der Waals surface area contributed by atoms with Gasteiger partial charge in [-0.2, -0.15) is 0 Å². The quantitative estimate of drug-likeness (QED) is 0.0432. The number of rotatable bonds is 17. The fourth-order valence-electron chi connectivity index (χ4n) is 2.53. The largest absolute Gasteiger partial charge is 0.481 e. The van der Waals surface area contributed by atoms with Gasteiger partial charge < -0.3 is 76.1 Å².